The van der Waals surface area contributed by atoms with Crippen LogP contribution in [-0.4, -0.2) is 30.4 Å². The van der Waals surface area contributed by atoms with Gasteiger partial charge in [0.25, 0.3) is 0 Å². The molecule has 1 rings (SSSR count). The summed E-state index contributed by atoms with van der Waals surface area (Å²) in [6.45, 7) is -1.58. The Morgan fingerprint density at radius 2 is 1.50 bits per heavy atom. The van der Waals surface area contributed by atoms with Gasteiger partial charge in [-0.15, -0.1) is 0 Å². The van der Waals surface area contributed by atoms with E-state index in [1.54, 1.807) is 0 Å². The Labute approximate surface area is 74.5 Å². The molecule has 84 valence electrons. The summed E-state index contributed by atoms with van der Waals surface area (Å²) >= 11 is 0. The molecule has 0 amide bonds. The molecule has 0 aliphatic carbocycles. The minimum atomic E-state index is -5.47. The fraction of sp³-hybridized carbons (Fsp3) is 1.00. The van der Waals surface area contributed by atoms with Gasteiger partial charge in [-0.05, 0) is 0 Å². The van der Waals surface area contributed by atoms with Crippen LogP contribution in [0, 0.1) is 5.41 Å². The summed E-state index contributed by atoms with van der Waals surface area (Å²) in [5.74, 6) is 0. The first kappa shape index (κ1) is 11.6. The normalized spacial score (nSPS) is 28.1. The van der Waals surface area contributed by atoms with Gasteiger partial charge in [-0.1, -0.05) is 0 Å². The highest BCUT2D eigenvalue weighted by Crippen LogP contribution is 2.55. The highest BCUT2D eigenvalue weighted by atomic mass is 19.4. The maximum absolute atomic E-state index is 12.2. The van der Waals surface area contributed by atoms with Crippen LogP contribution in [0.1, 0.15) is 6.42 Å². The van der Waals surface area contributed by atoms with Crippen molar-refractivity contribution >= 4 is 0 Å². The smallest absolute Gasteiger partial charge is 0.368 e. The molecule has 0 bridgehead atoms. The fourth-order valence-electron chi connectivity index (χ4n) is 1.21. The maximum atomic E-state index is 12.2. The summed E-state index contributed by atoms with van der Waals surface area (Å²) in [4.78, 5) is 0. The highest BCUT2D eigenvalue weighted by molar-refractivity contribution is 4.97. The number of hydrogen-bond acceptors (Lipinski definition) is 2. The summed E-state index contributed by atoms with van der Waals surface area (Å²) in [7, 11) is 0. The third-order valence-corrected chi connectivity index (χ3v) is 2.13. The molecule has 0 aromatic heterocycles. The number of hydrogen-bond donors (Lipinski definition) is 1. The molecule has 0 aromatic carbocycles. The van der Waals surface area contributed by atoms with Crippen LogP contribution in [0.4, 0.5) is 26.3 Å². The lowest BCUT2D eigenvalue weighted by molar-refractivity contribution is -0.338. The van der Waals surface area contributed by atoms with Crippen LogP contribution in [0.25, 0.3) is 0 Å². The molecule has 0 saturated carbocycles. The van der Waals surface area contributed by atoms with Crippen LogP contribution in [0.2, 0.25) is 0 Å². The Kier molecular flexibility index (Phi) is 2.47. The van der Waals surface area contributed by atoms with Gasteiger partial charge in [0, 0.05) is 6.42 Å². The van der Waals surface area contributed by atoms with Crippen LogP contribution in [0.15, 0.2) is 0 Å². The monoisotopic (exact) mass is 224 g/mol. The zero-order valence-corrected chi connectivity index (χ0v) is 6.61. The molecule has 14 heavy (non-hydrogen) atoms. The number of halogens is 6. The summed E-state index contributed by atoms with van der Waals surface area (Å²) in [6, 6.07) is 0. The molecule has 1 heterocycles. The Morgan fingerprint density at radius 3 is 1.64 bits per heavy atom. The quantitative estimate of drug-likeness (QED) is 0.636. The standard InChI is InChI=1S/C6H6F6O2/c7-5(8,9)4(6(10,11)12)1-3(13)14-2-4/h3,13H,1-2H2. The number of ether oxygens (including phenoxy) is 1. The van der Waals surface area contributed by atoms with Gasteiger partial charge in [0.15, 0.2) is 11.7 Å². The van der Waals surface area contributed by atoms with E-state index in [4.69, 9.17) is 5.11 Å². The molecule has 1 aliphatic heterocycles. The van der Waals surface area contributed by atoms with E-state index in [2.05, 4.69) is 4.74 Å². The van der Waals surface area contributed by atoms with E-state index in [1.165, 1.54) is 0 Å². The predicted octanol–water partition coefficient (Wildman–Crippen LogP) is 1.84. The molecule has 2 nitrogen and oxygen atoms in total. The average molecular weight is 224 g/mol. The Bertz CT molecular complexity index is 205. The Balaban J connectivity index is 3.05. The summed E-state index contributed by atoms with van der Waals surface area (Å²) in [6.07, 6.45) is -14.5. The van der Waals surface area contributed by atoms with E-state index >= 15 is 0 Å². The average Bonchev–Trinajstić information content (AvgIpc) is 2.28. The van der Waals surface area contributed by atoms with Crippen molar-refractivity contribution in [2.75, 3.05) is 6.61 Å². The molecule has 1 fully saturated rings. The highest BCUT2D eigenvalue weighted by Gasteiger charge is 2.73. The van der Waals surface area contributed by atoms with Crippen LogP contribution in [0.3, 0.4) is 0 Å². The zero-order valence-electron chi connectivity index (χ0n) is 6.61. The van der Waals surface area contributed by atoms with E-state index in [-0.39, 0.29) is 0 Å². The number of alkyl halides is 6. The molecule has 1 saturated heterocycles. The van der Waals surface area contributed by atoms with Gasteiger partial charge in [0.1, 0.15) is 0 Å². The molecular formula is C6H6F6O2. The topological polar surface area (TPSA) is 29.5 Å². The van der Waals surface area contributed by atoms with Gasteiger partial charge < -0.3 is 9.84 Å². The lowest BCUT2D eigenvalue weighted by Crippen LogP contribution is -2.50. The molecule has 0 aromatic rings. The molecule has 8 heteroatoms. The Morgan fingerprint density at radius 1 is 1.07 bits per heavy atom. The van der Waals surface area contributed by atoms with Crippen LogP contribution >= 0.6 is 0 Å². The van der Waals surface area contributed by atoms with Crippen molar-refractivity contribution in [1.82, 2.24) is 0 Å². The first-order valence-electron chi connectivity index (χ1n) is 3.53. The molecular weight excluding hydrogens is 218 g/mol. The second kappa shape index (κ2) is 2.99. The second-order valence-corrected chi connectivity index (χ2v) is 3.05. The third kappa shape index (κ3) is 1.56. The lowest BCUT2D eigenvalue weighted by atomic mass is 9.85. The predicted molar refractivity (Wildman–Crippen MR) is 31.1 cm³/mol. The van der Waals surface area contributed by atoms with Crippen molar-refractivity contribution in [1.29, 1.82) is 0 Å². The van der Waals surface area contributed by atoms with E-state index in [0.29, 0.717) is 0 Å². The second-order valence-electron chi connectivity index (χ2n) is 3.05. The van der Waals surface area contributed by atoms with Gasteiger partial charge in [0.2, 0.25) is 0 Å². The van der Waals surface area contributed by atoms with Crippen molar-refractivity contribution in [2.24, 2.45) is 5.41 Å². The first-order valence-corrected chi connectivity index (χ1v) is 3.53. The van der Waals surface area contributed by atoms with E-state index in [9.17, 15) is 26.3 Å². The largest absolute Gasteiger partial charge is 0.405 e. The van der Waals surface area contributed by atoms with Gasteiger partial charge in [0.05, 0.1) is 6.61 Å². The van der Waals surface area contributed by atoms with Crippen molar-refractivity contribution < 1.29 is 36.2 Å². The molecule has 1 N–H and O–H groups in total. The number of aliphatic hydroxyl groups excluding tert-OH is 1. The molecule has 1 aliphatic rings. The van der Waals surface area contributed by atoms with Crippen LogP contribution in [0.5, 0.6) is 0 Å². The third-order valence-electron chi connectivity index (χ3n) is 2.13. The lowest BCUT2D eigenvalue weighted by Gasteiger charge is -2.31. The number of rotatable bonds is 0. The Hall–Kier alpha value is -0.500. The zero-order chi connectivity index (χ0) is 11.2. The van der Waals surface area contributed by atoms with Crippen LogP contribution in [-0.2, 0) is 4.74 Å². The minimum Gasteiger partial charge on any atom is -0.368 e. The molecule has 1 unspecified atom stereocenters. The van der Waals surface area contributed by atoms with E-state index in [0.717, 1.165) is 0 Å². The summed E-state index contributed by atoms with van der Waals surface area (Å²) in [5, 5.41) is 8.57. The van der Waals surface area contributed by atoms with E-state index in [1.807, 2.05) is 0 Å². The van der Waals surface area contributed by atoms with Gasteiger partial charge in [-0.25, -0.2) is 0 Å². The van der Waals surface area contributed by atoms with E-state index < -0.39 is 37.1 Å². The van der Waals surface area contributed by atoms with Crippen molar-refractivity contribution in [3.8, 4) is 0 Å². The fourth-order valence-corrected chi connectivity index (χ4v) is 1.21. The van der Waals surface area contributed by atoms with Gasteiger partial charge in [-0.3, -0.25) is 0 Å². The van der Waals surface area contributed by atoms with Gasteiger partial charge in [-0.2, -0.15) is 26.3 Å². The van der Waals surface area contributed by atoms with Crippen LogP contribution < -0.4 is 0 Å². The van der Waals surface area contributed by atoms with Crippen molar-refractivity contribution in [3.05, 3.63) is 0 Å². The molecule has 0 spiro atoms. The first-order chi connectivity index (χ1) is 6.10. The molecule has 1 atom stereocenters. The van der Waals surface area contributed by atoms with Gasteiger partial charge >= 0.3 is 12.4 Å². The molecule has 0 radical (unpaired) electrons. The SMILES string of the molecule is OC1CC(C(F)(F)F)(C(F)(F)F)CO1. The summed E-state index contributed by atoms with van der Waals surface area (Å²) < 4.78 is 77.0. The maximum Gasteiger partial charge on any atom is 0.405 e. The minimum absolute atomic E-state index is 1.50. The number of aliphatic hydroxyl groups is 1. The van der Waals surface area contributed by atoms with Crippen molar-refractivity contribution in [3.63, 3.8) is 0 Å². The van der Waals surface area contributed by atoms with Crippen molar-refractivity contribution in [2.45, 2.75) is 25.1 Å². The summed E-state index contributed by atoms with van der Waals surface area (Å²) in [5.41, 5.74) is -3.93.